The average Bonchev–Trinajstić information content (AvgIpc) is 2.82. The van der Waals surface area contributed by atoms with Gasteiger partial charge in [-0.25, -0.2) is 4.98 Å². The van der Waals surface area contributed by atoms with Gasteiger partial charge in [0.25, 0.3) is 0 Å². The number of hydrogen-bond acceptors (Lipinski definition) is 5. The number of carbonyl (C=O) groups is 1. The van der Waals surface area contributed by atoms with Gasteiger partial charge in [0.15, 0.2) is 0 Å². The zero-order valence-electron chi connectivity index (χ0n) is 14.8. The number of carbonyl (C=O) groups excluding carboxylic acids is 1. The Kier molecular flexibility index (Phi) is 6.69. The maximum atomic E-state index is 11.8. The van der Waals surface area contributed by atoms with Gasteiger partial charge in [0.1, 0.15) is 15.6 Å². The zero-order valence-corrected chi connectivity index (χ0v) is 17.2. The largest absolute Gasteiger partial charge is 0.465 e. The summed E-state index contributed by atoms with van der Waals surface area (Å²) in [5, 5.41) is 4.61. The fourth-order valence-electron chi connectivity index (χ4n) is 2.28. The van der Waals surface area contributed by atoms with Crippen molar-refractivity contribution in [2.45, 2.75) is 52.0 Å². The fraction of sp³-hybridized carbons (Fsp3) is 0.588. The van der Waals surface area contributed by atoms with Gasteiger partial charge in [0, 0.05) is 16.7 Å². The molecule has 0 saturated carbocycles. The lowest BCUT2D eigenvalue weighted by atomic mass is 10.2. The summed E-state index contributed by atoms with van der Waals surface area (Å²) < 4.78 is 8.01. The highest BCUT2D eigenvalue weighted by molar-refractivity contribution is 9.10. The maximum absolute atomic E-state index is 11.8. The first-order chi connectivity index (χ1) is 11.3. The molecule has 0 spiro atoms. The zero-order chi connectivity index (χ0) is 17.9. The molecule has 0 amide bonds. The molecule has 0 aliphatic rings. The summed E-state index contributed by atoms with van der Waals surface area (Å²) >= 11 is 5.11. The van der Waals surface area contributed by atoms with E-state index in [2.05, 4.69) is 39.9 Å². The molecule has 7 heteroatoms. The molecule has 0 aliphatic carbocycles. The van der Waals surface area contributed by atoms with Gasteiger partial charge in [-0.3, -0.25) is 9.48 Å². The van der Waals surface area contributed by atoms with Crippen LogP contribution in [0.2, 0.25) is 0 Å². The number of aromatic nitrogens is 3. The standard InChI is InChI=1S/C17H24BrN3O2S/c1-10(2)9-23-15(22)6-7-24-13-8-14(18)19-16-12(5)20-21(11(3)4)17(13)16/h8,10-11H,6-7,9H2,1-5H3. The first-order valence-electron chi connectivity index (χ1n) is 8.13. The minimum atomic E-state index is -0.144. The van der Waals surface area contributed by atoms with Crippen molar-refractivity contribution in [2.24, 2.45) is 5.92 Å². The topological polar surface area (TPSA) is 57.0 Å². The molecule has 2 heterocycles. The molecular weight excluding hydrogens is 390 g/mol. The Balaban J connectivity index is 2.15. The molecule has 0 aliphatic heterocycles. The number of nitrogens with zero attached hydrogens (tertiary/aromatic N) is 3. The first-order valence-corrected chi connectivity index (χ1v) is 9.91. The first kappa shape index (κ1) is 19.2. The predicted molar refractivity (Wildman–Crippen MR) is 101 cm³/mol. The molecule has 5 nitrogen and oxygen atoms in total. The van der Waals surface area contributed by atoms with E-state index in [1.165, 1.54) is 0 Å². The Bertz CT molecular complexity index is 728. The Morgan fingerprint density at radius 1 is 1.38 bits per heavy atom. The van der Waals surface area contributed by atoms with E-state index in [0.717, 1.165) is 26.2 Å². The van der Waals surface area contributed by atoms with E-state index >= 15 is 0 Å². The molecule has 24 heavy (non-hydrogen) atoms. The van der Waals surface area contributed by atoms with Crippen molar-refractivity contribution in [1.29, 1.82) is 0 Å². The molecule has 2 aromatic heterocycles. The second kappa shape index (κ2) is 8.34. The van der Waals surface area contributed by atoms with Crippen molar-refractivity contribution in [3.8, 4) is 0 Å². The van der Waals surface area contributed by atoms with Gasteiger partial charge in [-0.05, 0) is 48.7 Å². The highest BCUT2D eigenvalue weighted by atomic mass is 79.9. The molecule has 0 aromatic carbocycles. The summed E-state index contributed by atoms with van der Waals surface area (Å²) in [6, 6.07) is 2.24. The molecule has 0 unspecified atom stereocenters. The van der Waals surface area contributed by atoms with Crippen molar-refractivity contribution < 1.29 is 9.53 Å². The van der Waals surface area contributed by atoms with Crippen LogP contribution >= 0.6 is 27.7 Å². The minimum Gasteiger partial charge on any atom is -0.465 e. The average molecular weight is 414 g/mol. The summed E-state index contributed by atoms with van der Waals surface area (Å²) in [6.45, 7) is 10.7. The SMILES string of the molecule is Cc1nn(C(C)C)c2c(SCCC(=O)OCC(C)C)cc(Br)nc12. The number of esters is 1. The van der Waals surface area contributed by atoms with Crippen molar-refractivity contribution in [1.82, 2.24) is 14.8 Å². The van der Waals surface area contributed by atoms with E-state index in [0.29, 0.717) is 24.7 Å². The van der Waals surface area contributed by atoms with Crippen LogP contribution in [-0.2, 0) is 9.53 Å². The van der Waals surface area contributed by atoms with E-state index in [9.17, 15) is 4.79 Å². The van der Waals surface area contributed by atoms with Crippen LogP contribution in [0.25, 0.3) is 11.0 Å². The van der Waals surface area contributed by atoms with E-state index in [1.807, 2.05) is 31.5 Å². The van der Waals surface area contributed by atoms with Crippen molar-refractivity contribution >= 4 is 44.7 Å². The lowest BCUT2D eigenvalue weighted by molar-refractivity contribution is -0.144. The molecule has 2 rings (SSSR count). The van der Waals surface area contributed by atoms with Gasteiger partial charge in [-0.15, -0.1) is 11.8 Å². The van der Waals surface area contributed by atoms with E-state index in [1.54, 1.807) is 11.8 Å². The number of pyridine rings is 1. The third kappa shape index (κ3) is 4.72. The van der Waals surface area contributed by atoms with Gasteiger partial charge in [0.05, 0.1) is 18.7 Å². The third-order valence-electron chi connectivity index (χ3n) is 3.39. The molecule has 0 radical (unpaired) electrons. The van der Waals surface area contributed by atoms with E-state index in [-0.39, 0.29) is 12.0 Å². The predicted octanol–water partition coefficient (Wildman–Crippen LogP) is 4.76. The molecule has 0 N–H and O–H groups in total. The lowest BCUT2D eigenvalue weighted by Gasteiger charge is -2.11. The Hall–Kier alpha value is -1.08. The molecule has 0 saturated heterocycles. The number of rotatable bonds is 7. The highest BCUT2D eigenvalue weighted by Gasteiger charge is 2.17. The number of halogens is 1. The van der Waals surface area contributed by atoms with E-state index in [4.69, 9.17) is 4.74 Å². The second-order valence-corrected chi connectivity index (χ2v) is 8.39. The molecule has 0 fully saturated rings. The monoisotopic (exact) mass is 413 g/mol. The van der Waals surface area contributed by atoms with Crippen molar-refractivity contribution in [2.75, 3.05) is 12.4 Å². The normalized spacial score (nSPS) is 11.7. The highest BCUT2D eigenvalue weighted by Crippen LogP contribution is 2.33. The summed E-state index contributed by atoms with van der Waals surface area (Å²) in [7, 11) is 0. The summed E-state index contributed by atoms with van der Waals surface area (Å²) in [5.74, 6) is 0.889. The number of fused-ring (bicyclic) bond motifs is 1. The summed E-state index contributed by atoms with van der Waals surface area (Å²) in [5.41, 5.74) is 2.85. The Morgan fingerprint density at radius 3 is 2.71 bits per heavy atom. The van der Waals surface area contributed by atoms with Gasteiger partial charge >= 0.3 is 5.97 Å². The van der Waals surface area contributed by atoms with Crippen molar-refractivity contribution in [3.63, 3.8) is 0 Å². The van der Waals surface area contributed by atoms with Crippen LogP contribution in [-0.4, -0.2) is 33.1 Å². The van der Waals surface area contributed by atoms with Crippen LogP contribution in [0.5, 0.6) is 0 Å². The molecule has 132 valence electrons. The quantitative estimate of drug-likeness (QED) is 0.371. The van der Waals surface area contributed by atoms with Crippen LogP contribution < -0.4 is 0 Å². The van der Waals surface area contributed by atoms with Gasteiger partial charge < -0.3 is 4.74 Å². The van der Waals surface area contributed by atoms with Crippen LogP contribution in [0.15, 0.2) is 15.6 Å². The van der Waals surface area contributed by atoms with Crippen molar-refractivity contribution in [3.05, 3.63) is 16.4 Å². The Morgan fingerprint density at radius 2 is 2.08 bits per heavy atom. The second-order valence-electron chi connectivity index (χ2n) is 6.44. The number of hydrogen-bond donors (Lipinski definition) is 0. The number of aryl methyl sites for hydroxylation is 1. The summed E-state index contributed by atoms with van der Waals surface area (Å²) in [6.07, 6.45) is 0.396. The van der Waals surface area contributed by atoms with Crippen LogP contribution in [0, 0.1) is 12.8 Å². The Labute approximate surface area is 155 Å². The third-order valence-corrected chi connectivity index (χ3v) is 4.82. The molecular formula is C17H24BrN3O2S. The van der Waals surface area contributed by atoms with Crippen LogP contribution in [0.1, 0.15) is 45.9 Å². The lowest BCUT2D eigenvalue weighted by Crippen LogP contribution is -2.10. The minimum absolute atomic E-state index is 0.144. The summed E-state index contributed by atoms with van der Waals surface area (Å²) in [4.78, 5) is 17.4. The fourth-order valence-corrected chi connectivity index (χ4v) is 3.85. The molecule has 0 bridgehead atoms. The number of ether oxygens (including phenoxy) is 1. The van der Waals surface area contributed by atoms with Crippen LogP contribution in [0.4, 0.5) is 0 Å². The van der Waals surface area contributed by atoms with Crippen LogP contribution in [0.3, 0.4) is 0 Å². The van der Waals surface area contributed by atoms with Gasteiger partial charge in [0.2, 0.25) is 0 Å². The molecule has 2 aromatic rings. The molecule has 0 atom stereocenters. The smallest absolute Gasteiger partial charge is 0.306 e. The van der Waals surface area contributed by atoms with E-state index < -0.39 is 0 Å². The number of thioether (sulfide) groups is 1. The van der Waals surface area contributed by atoms with Gasteiger partial charge in [-0.1, -0.05) is 13.8 Å². The van der Waals surface area contributed by atoms with Gasteiger partial charge in [-0.2, -0.15) is 5.10 Å². The maximum Gasteiger partial charge on any atom is 0.306 e.